The number of likely N-dealkylation sites (N-methyl/N-ethyl adjacent to an activating group) is 2. The number of hydrogen-bond acceptors (Lipinski definition) is 9. The number of aryl methyl sites for hydroxylation is 2. The quantitative estimate of drug-likeness (QED) is 0.0536. The first-order chi connectivity index (χ1) is 39.4. The molecule has 2 heterocycles. The summed E-state index contributed by atoms with van der Waals surface area (Å²) in [6.07, 6.45) is 3.34. The maximum absolute atomic E-state index is 15.1. The van der Waals surface area contributed by atoms with E-state index in [-0.39, 0.29) is 67.5 Å². The van der Waals surface area contributed by atoms with E-state index in [4.69, 9.17) is 0 Å². The predicted octanol–water partition coefficient (Wildman–Crippen LogP) is 7.88. The van der Waals surface area contributed by atoms with Gasteiger partial charge in [-0.2, -0.15) is 0 Å². The van der Waals surface area contributed by atoms with E-state index < -0.39 is 53.0 Å². The fourth-order valence-corrected chi connectivity index (χ4v) is 11.5. The summed E-state index contributed by atoms with van der Waals surface area (Å²) < 4.78 is 0. The fraction of sp³-hybridized carbons (Fsp3) is 0.448. The molecule has 0 unspecified atom stereocenters. The molecule has 83 heavy (non-hydrogen) atoms. The molecular formula is C67H85N9O7. The van der Waals surface area contributed by atoms with Crippen LogP contribution in [0.5, 0.6) is 0 Å². The van der Waals surface area contributed by atoms with Gasteiger partial charge in [0.15, 0.2) is 0 Å². The number of nitrogens with zero attached hydrogens (tertiary/aromatic N) is 3. The standard InChI is InChI=1S/C67H85N9O7/c1-40-19-17-24-49(41(40)2)36-74(39-53-34-47-21-13-14-22-50(47)37-75(53)64(82)57(66(5,6)7)72-59(77)42(3)68-11)63(81)46-29-27-45(28-30-46)61(79)70-52-32-31-48-35-56(62(80)71-55-26-18-23-44-20-15-16-25-54(44)55)76(38-51(48)33-52)65(83)58(67(8,9)10)73-60(78)43(4)69-12/h13-17,19-22,24-25,27-33,42-43,53,55-58,68-69H,18,23,26,34-39H2,1-12H3,(H,70,79)(H,71,80)(H,72,77)(H,73,78)/t42-,43-,53-,55+,56-,57+,58+/m0/s1. The van der Waals surface area contributed by atoms with Crippen molar-refractivity contribution in [3.63, 3.8) is 0 Å². The first-order valence-electron chi connectivity index (χ1n) is 29.3. The smallest absolute Gasteiger partial charge is 0.255 e. The van der Waals surface area contributed by atoms with Gasteiger partial charge in [-0.05, 0) is 165 Å². The lowest BCUT2D eigenvalue weighted by Gasteiger charge is -2.43. The third-order valence-corrected chi connectivity index (χ3v) is 17.1. The Labute approximate surface area is 490 Å². The van der Waals surface area contributed by atoms with Crippen LogP contribution in [0.25, 0.3) is 0 Å². The third-order valence-electron chi connectivity index (χ3n) is 17.1. The second kappa shape index (κ2) is 25.8. The molecule has 3 aliphatic rings. The topological polar surface area (TPSA) is 201 Å². The van der Waals surface area contributed by atoms with Gasteiger partial charge in [0.05, 0.1) is 24.2 Å². The van der Waals surface area contributed by atoms with Gasteiger partial charge in [-0.25, -0.2) is 0 Å². The van der Waals surface area contributed by atoms with Crippen molar-refractivity contribution in [2.45, 2.75) is 163 Å². The number of carbonyl (C=O) groups excluding carboxylic acids is 7. The van der Waals surface area contributed by atoms with Crippen LogP contribution in [0.3, 0.4) is 0 Å². The van der Waals surface area contributed by atoms with Gasteiger partial charge in [-0.3, -0.25) is 33.6 Å². The lowest BCUT2D eigenvalue weighted by molar-refractivity contribution is -0.147. The molecule has 5 aromatic carbocycles. The van der Waals surface area contributed by atoms with Crippen molar-refractivity contribution < 1.29 is 33.6 Å². The minimum atomic E-state index is -0.961. The lowest BCUT2D eigenvalue weighted by atomic mass is 9.83. The van der Waals surface area contributed by atoms with E-state index in [0.29, 0.717) is 29.8 Å². The highest BCUT2D eigenvalue weighted by Gasteiger charge is 2.44. The predicted molar refractivity (Wildman–Crippen MR) is 324 cm³/mol. The number of amides is 7. The van der Waals surface area contributed by atoms with E-state index >= 15 is 4.79 Å². The van der Waals surface area contributed by atoms with E-state index in [1.54, 1.807) is 68.1 Å². The van der Waals surface area contributed by atoms with Crippen LogP contribution in [-0.2, 0) is 62.9 Å². The van der Waals surface area contributed by atoms with Crippen LogP contribution in [0.2, 0.25) is 0 Å². The third kappa shape index (κ3) is 14.2. The molecule has 0 saturated carbocycles. The van der Waals surface area contributed by atoms with Gasteiger partial charge in [-0.1, -0.05) is 114 Å². The average molecular weight is 1130 g/mol. The van der Waals surface area contributed by atoms with Crippen molar-refractivity contribution in [1.29, 1.82) is 0 Å². The Balaban J connectivity index is 1.05. The number of anilines is 1. The molecule has 16 heteroatoms. The summed E-state index contributed by atoms with van der Waals surface area (Å²) in [5, 5.41) is 18.3. The summed E-state index contributed by atoms with van der Waals surface area (Å²) in [6, 6.07) is 29.8. The van der Waals surface area contributed by atoms with Crippen molar-refractivity contribution in [2.75, 3.05) is 26.0 Å². The highest BCUT2D eigenvalue weighted by atomic mass is 16.2. The molecule has 7 atom stereocenters. The minimum absolute atomic E-state index is 0.0552. The molecule has 1 aliphatic carbocycles. The first kappa shape index (κ1) is 61.4. The van der Waals surface area contributed by atoms with Crippen molar-refractivity contribution in [1.82, 2.24) is 41.3 Å². The van der Waals surface area contributed by atoms with Crippen LogP contribution in [0, 0.1) is 24.7 Å². The summed E-state index contributed by atoms with van der Waals surface area (Å²) in [5.74, 6) is -2.20. The van der Waals surface area contributed by atoms with Crippen LogP contribution in [0.1, 0.15) is 145 Å². The molecule has 0 fully saturated rings. The lowest BCUT2D eigenvalue weighted by Crippen LogP contribution is -2.62. The minimum Gasteiger partial charge on any atom is -0.347 e. The van der Waals surface area contributed by atoms with Crippen molar-refractivity contribution in [2.24, 2.45) is 10.8 Å². The molecule has 2 aliphatic heterocycles. The highest BCUT2D eigenvalue weighted by Crippen LogP contribution is 2.35. The van der Waals surface area contributed by atoms with Gasteiger partial charge in [0.25, 0.3) is 11.8 Å². The molecule has 8 rings (SSSR count). The normalized spacial score (nSPS) is 18.2. The van der Waals surface area contributed by atoms with Crippen LogP contribution in [0.15, 0.2) is 109 Å². The molecule has 0 bridgehead atoms. The first-order valence-corrected chi connectivity index (χ1v) is 29.3. The zero-order valence-corrected chi connectivity index (χ0v) is 50.5. The van der Waals surface area contributed by atoms with E-state index in [9.17, 15) is 28.8 Å². The van der Waals surface area contributed by atoms with Crippen molar-refractivity contribution in [3.8, 4) is 0 Å². The van der Waals surface area contributed by atoms with Gasteiger partial charge < -0.3 is 46.6 Å². The summed E-state index contributed by atoms with van der Waals surface area (Å²) in [6.45, 7) is 19.8. The van der Waals surface area contributed by atoms with Gasteiger partial charge in [0, 0.05) is 49.4 Å². The average Bonchev–Trinajstić information content (AvgIpc) is 3.28. The molecule has 0 radical (unpaired) electrons. The van der Waals surface area contributed by atoms with Crippen molar-refractivity contribution >= 4 is 47.0 Å². The molecule has 7 amide bonds. The number of fused-ring (bicyclic) bond motifs is 3. The Morgan fingerprint density at radius 1 is 0.627 bits per heavy atom. The van der Waals surface area contributed by atoms with Gasteiger partial charge >= 0.3 is 0 Å². The van der Waals surface area contributed by atoms with E-state index in [2.05, 4.69) is 50.1 Å². The van der Waals surface area contributed by atoms with Gasteiger partial charge in [0.1, 0.15) is 18.1 Å². The van der Waals surface area contributed by atoms with Crippen LogP contribution >= 0.6 is 0 Å². The van der Waals surface area contributed by atoms with Crippen LogP contribution < -0.4 is 31.9 Å². The number of hydrogen-bond donors (Lipinski definition) is 6. The van der Waals surface area contributed by atoms with Gasteiger partial charge in [0.2, 0.25) is 29.5 Å². The van der Waals surface area contributed by atoms with Crippen LogP contribution in [0.4, 0.5) is 5.69 Å². The van der Waals surface area contributed by atoms with Gasteiger partial charge in [-0.15, -0.1) is 0 Å². The molecule has 16 nitrogen and oxygen atoms in total. The fourth-order valence-electron chi connectivity index (χ4n) is 11.5. The zero-order chi connectivity index (χ0) is 60.1. The molecule has 0 spiro atoms. The SMILES string of the molecule is CN[C@@H](C)C(=O)N[C@H](C(=O)N1Cc2ccccc2C[C@H]1CN(Cc1cccc(C)c1C)C(=O)c1ccc(C(=O)Nc2ccc3c(c2)CN(C(=O)[C@@H](NC(=O)[C@H](C)NC)C(C)(C)C)[C@H](C(=O)N[C@@H]2CCCc4ccccc42)C3)cc1)C(C)(C)C. The number of benzene rings is 5. The second-order valence-electron chi connectivity index (χ2n) is 25.1. The number of carbonyl (C=O) groups is 7. The summed E-state index contributed by atoms with van der Waals surface area (Å²) in [7, 11) is 3.38. The maximum Gasteiger partial charge on any atom is 0.255 e. The van der Waals surface area contributed by atoms with Crippen LogP contribution in [-0.4, -0.2) is 113 Å². The Bertz CT molecular complexity index is 3230. The Kier molecular flexibility index (Phi) is 19.1. The monoisotopic (exact) mass is 1130 g/mol. The van der Waals surface area contributed by atoms with E-state index in [0.717, 1.165) is 63.8 Å². The second-order valence-corrected chi connectivity index (χ2v) is 25.1. The van der Waals surface area contributed by atoms with Crippen molar-refractivity contribution in [3.05, 3.63) is 170 Å². The highest BCUT2D eigenvalue weighted by molar-refractivity contribution is 6.05. The summed E-state index contributed by atoms with van der Waals surface area (Å²) >= 11 is 0. The molecular weight excluding hydrogens is 1040 g/mol. The molecule has 0 saturated heterocycles. The van der Waals surface area contributed by atoms with E-state index in [1.165, 1.54) is 5.56 Å². The summed E-state index contributed by atoms with van der Waals surface area (Å²) in [4.78, 5) is 106. The van der Waals surface area contributed by atoms with E-state index in [1.807, 2.05) is 121 Å². The molecule has 6 N–H and O–H groups in total. The Hall–Kier alpha value is -7.69. The summed E-state index contributed by atoms with van der Waals surface area (Å²) in [5.41, 5.74) is 8.87. The Morgan fingerprint density at radius 2 is 1.19 bits per heavy atom. The maximum atomic E-state index is 15.1. The molecule has 5 aromatic rings. The number of nitrogens with one attached hydrogen (secondary N) is 6. The Morgan fingerprint density at radius 3 is 1.82 bits per heavy atom. The molecule has 440 valence electrons. The largest absolute Gasteiger partial charge is 0.347 e. The molecule has 0 aromatic heterocycles. The number of rotatable bonds is 17. The zero-order valence-electron chi connectivity index (χ0n) is 50.5.